The Balaban J connectivity index is 1.34. The van der Waals surface area contributed by atoms with Crippen LogP contribution >= 0.6 is 0 Å². The molecule has 0 saturated carbocycles. The van der Waals surface area contributed by atoms with Crippen LogP contribution in [0.5, 0.6) is 0 Å². The quantitative estimate of drug-likeness (QED) is 0.151. The predicted molar refractivity (Wildman–Crippen MR) is 244 cm³/mol. The van der Waals surface area contributed by atoms with E-state index in [1.165, 1.54) is 60.5 Å². The molecule has 1 aromatic heterocycles. The zero-order valence-corrected chi connectivity index (χ0v) is 32.3. The third-order valence-corrected chi connectivity index (χ3v) is 11.9. The summed E-state index contributed by atoms with van der Waals surface area (Å²) in [6.45, 7) is 13.2. The minimum Gasteiger partial charge on any atom is -0.309 e. The molecule has 0 aliphatic heterocycles. The van der Waals surface area contributed by atoms with Crippen LogP contribution in [0.3, 0.4) is 0 Å². The van der Waals surface area contributed by atoms with Gasteiger partial charge in [-0.05, 0) is 80.7 Å². The number of allylic oxidation sites excluding steroid dienone is 4. The van der Waals surface area contributed by atoms with Gasteiger partial charge in [-0.1, -0.05) is 185 Å². The zero-order valence-electron chi connectivity index (χ0n) is 32.3. The van der Waals surface area contributed by atoms with Gasteiger partial charge in [-0.15, -0.1) is 0 Å². The van der Waals surface area contributed by atoms with Crippen LogP contribution in [0.15, 0.2) is 213 Å². The minimum atomic E-state index is -0.291. The van der Waals surface area contributed by atoms with E-state index in [-0.39, 0.29) is 5.41 Å². The first-order valence-corrected chi connectivity index (χ1v) is 19.7. The lowest BCUT2D eigenvalue weighted by atomic mass is 9.80. The zero-order chi connectivity index (χ0) is 38.7. The van der Waals surface area contributed by atoms with Crippen LogP contribution in [0.2, 0.25) is 0 Å². The number of nitrogens with zero attached hydrogens (tertiary/aromatic N) is 2. The van der Waals surface area contributed by atoms with Gasteiger partial charge >= 0.3 is 0 Å². The average molecular weight is 731 g/mol. The molecule has 10 rings (SSSR count). The second-order valence-corrected chi connectivity index (χ2v) is 15.4. The number of anilines is 3. The fourth-order valence-corrected chi connectivity index (χ4v) is 9.41. The van der Waals surface area contributed by atoms with Crippen LogP contribution in [0.4, 0.5) is 17.1 Å². The third kappa shape index (κ3) is 5.33. The number of benzene rings is 8. The van der Waals surface area contributed by atoms with Gasteiger partial charge < -0.3 is 9.47 Å². The lowest BCUT2D eigenvalue weighted by Crippen LogP contribution is -2.17. The molecule has 272 valence electrons. The molecule has 0 fully saturated rings. The van der Waals surface area contributed by atoms with Crippen molar-refractivity contribution in [1.82, 2.24) is 4.57 Å². The second-order valence-electron chi connectivity index (χ2n) is 15.4. The minimum absolute atomic E-state index is 0.291. The van der Waals surface area contributed by atoms with Gasteiger partial charge in [-0.2, -0.15) is 0 Å². The molecule has 0 N–H and O–H groups in total. The lowest BCUT2D eigenvalue weighted by molar-refractivity contribution is 0.658. The molecule has 2 heteroatoms. The summed E-state index contributed by atoms with van der Waals surface area (Å²) in [6.07, 6.45) is 4.03. The molecule has 9 aromatic rings. The van der Waals surface area contributed by atoms with E-state index in [1.54, 1.807) is 0 Å². The van der Waals surface area contributed by atoms with Crippen molar-refractivity contribution in [2.24, 2.45) is 0 Å². The van der Waals surface area contributed by atoms with Gasteiger partial charge in [-0.3, -0.25) is 0 Å². The normalized spacial score (nSPS) is 13.3. The summed E-state index contributed by atoms with van der Waals surface area (Å²) in [6, 6.07) is 66.0. The smallest absolute Gasteiger partial charge is 0.0588 e. The molecule has 2 nitrogen and oxygen atoms in total. The molecule has 1 aliphatic rings. The van der Waals surface area contributed by atoms with Crippen molar-refractivity contribution in [3.05, 3.63) is 224 Å². The number of hydrogen-bond acceptors (Lipinski definition) is 1. The Morgan fingerprint density at radius 3 is 1.79 bits per heavy atom. The number of fused-ring (bicyclic) bond motifs is 7. The van der Waals surface area contributed by atoms with Gasteiger partial charge in [-0.25, -0.2) is 0 Å². The van der Waals surface area contributed by atoms with Crippen LogP contribution in [-0.4, -0.2) is 4.57 Å². The Morgan fingerprint density at radius 1 is 0.509 bits per heavy atom. The Labute approximate surface area is 334 Å². The van der Waals surface area contributed by atoms with Crippen LogP contribution < -0.4 is 4.90 Å². The van der Waals surface area contributed by atoms with Crippen molar-refractivity contribution in [1.29, 1.82) is 0 Å². The second kappa shape index (κ2) is 13.5. The fraction of sp³-hybridized carbons (Fsp3) is 0.0545. The fourth-order valence-electron chi connectivity index (χ4n) is 9.41. The molecule has 57 heavy (non-hydrogen) atoms. The van der Waals surface area contributed by atoms with Gasteiger partial charge in [0.15, 0.2) is 0 Å². The van der Waals surface area contributed by atoms with Crippen LogP contribution in [0.25, 0.3) is 66.1 Å². The van der Waals surface area contributed by atoms with E-state index in [0.717, 1.165) is 39.4 Å². The maximum absolute atomic E-state index is 4.29. The van der Waals surface area contributed by atoms with E-state index in [9.17, 15) is 0 Å². The molecule has 0 atom stereocenters. The standard InChI is InChI=1S/C55H42N2/c1-5-42-46-34-35-47-52-45-28-17-16-27-44(45)50(36-51(52)57(40-24-14-9-15-25-40)54(47)53(46)55(3,4)48(42)6-2)56(41-32-30-38(31-33-41)37-20-10-7-11-21-37)49-29-19-18-26-43(49)39-22-12-8-13-23-39/h5-36H,1-2H2,3-4H3. The van der Waals surface area contributed by atoms with Crippen molar-refractivity contribution in [2.45, 2.75) is 19.3 Å². The third-order valence-electron chi connectivity index (χ3n) is 11.9. The molecule has 0 amide bonds. The summed E-state index contributed by atoms with van der Waals surface area (Å²) < 4.78 is 2.51. The molecule has 0 radical (unpaired) electrons. The van der Waals surface area contributed by atoms with E-state index in [1.807, 2.05) is 12.2 Å². The first kappa shape index (κ1) is 34.3. The molecule has 8 aromatic carbocycles. The molecule has 0 bridgehead atoms. The first-order chi connectivity index (χ1) is 28.0. The van der Waals surface area contributed by atoms with E-state index in [4.69, 9.17) is 0 Å². The summed E-state index contributed by atoms with van der Waals surface area (Å²) >= 11 is 0. The number of rotatable bonds is 8. The summed E-state index contributed by atoms with van der Waals surface area (Å²) in [4.78, 5) is 2.47. The predicted octanol–water partition coefficient (Wildman–Crippen LogP) is 15.2. The van der Waals surface area contributed by atoms with Crippen LogP contribution in [-0.2, 0) is 5.41 Å². The van der Waals surface area contributed by atoms with Gasteiger partial charge in [0, 0.05) is 38.5 Å². The van der Waals surface area contributed by atoms with Crippen molar-refractivity contribution < 1.29 is 0 Å². The molecule has 1 heterocycles. The Bertz CT molecular complexity index is 3040. The number of para-hydroxylation sites is 2. The maximum Gasteiger partial charge on any atom is 0.0588 e. The number of hydrogen-bond donors (Lipinski definition) is 0. The Hall–Kier alpha value is -7.16. The Morgan fingerprint density at radius 2 is 1.11 bits per heavy atom. The highest BCUT2D eigenvalue weighted by molar-refractivity contribution is 6.26. The van der Waals surface area contributed by atoms with Crippen molar-refractivity contribution in [3.8, 4) is 27.9 Å². The van der Waals surface area contributed by atoms with Crippen molar-refractivity contribution >= 4 is 55.2 Å². The summed E-state index contributed by atoms with van der Waals surface area (Å²) in [5.41, 5.74) is 16.1. The van der Waals surface area contributed by atoms with Crippen LogP contribution in [0, 0.1) is 0 Å². The molecule has 0 spiro atoms. The van der Waals surface area contributed by atoms with Gasteiger partial charge in [0.05, 0.1) is 22.4 Å². The highest BCUT2D eigenvalue weighted by Gasteiger charge is 2.39. The summed E-state index contributed by atoms with van der Waals surface area (Å²) in [5.74, 6) is 0. The highest BCUT2D eigenvalue weighted by atomic mass is 15.1. The summed E-state index contributed by atoms with van der Waals surface area (Å²) in [5, 5.41) is 4.88. The molecular weight excluding hydrogens is 689 g/mol. The lowest BCUT2D eigenvalue weighted by Gasteiger charge is -2.29. The van der Waals surface area contributed by atoms with Gasteiger partial charge in [0.25, 0.3) is 0 Å². The van der Waals surface area contributed by atoms with E-state index in [0.29, 0.717) is 0 Å². The molecular formula is C55H42N2. The largest absolute Gasteiger partial charge is 0.309 e. The van der Waals surface area contributed by atoms with E-state index in [2.05, 4.69) is 218 Å². The molecule has 0 unspecified atom stereocenters. The van der Waals surface area contributed by atoms with Gasteiger partial charge in [0.2, 0.25) is 0 Å². The molecule has 1 aliphatic carbocycles. The summed E-state index contributed by atoms with van der Waals surface area (Å²) in [7, 11) is 0. The van der Waals surface area contributed by atoms with Gasteiger partial charge in [0.1, 0.15) is 0 Å². The topological polar surface area (TPSA) is 8.17 Å². The highest BCUT2D eigenvalue weighted by Crippen LogP contribution is 2.54. The van der Waals surface area contributed by atoms with E-state index >= 15 is 0 Å². The van der Waals surface area contributed by atoms with Crippen molar-refractivity contribution in [3.63, 3.8) is 0 Å². The van der Waals surface area contributed by atoms with Crippen molar-refractivity contribution in [2.75, 3.05) is 4.90 Å². The average Bonchev–Trinajstić information content (AvgIpc) is 3.72. The molecule has 0 saturated heterocycles. The first-order valence-electron chi connectivity index (χ1n) is 19.7. The SMILES string of the molecule is C=CC1=C(C=C)C(C)(C)c2c1ccc1c3c4ccccc4c(N(c4ccc(-c5ccccc5)cc4)c4ccccc4-c4ccccc4)cc3n(-c3ccccc3)c21. The van der Waals surface area contributed by atoms with Crippen LogP contribution in [0.1, 0.15) is 25.0 Å². The number of aromatic nitrogens is 1. The van der Waals surface area contributed by atoms with E-state index < -0.39 is 0 Å². The Kier molecular flexibility index (Phi) is 8.16. The maximum atomic E-state index is 4.29. The monoisotopic (exact) mass is 730 g/mol.